The largest absolute Gasteiger partial charge is 0.343 e. The first-order chi connectivity index (χ1) is 8.88. The summed E-state index contributed by atoms with van der Waals surface area (Å²) in [5, 5.41) is 6.59. The number of carbonyl (C=O) groups excluding carboxylic acids is 1. The second-order valence-corrected chi connectivity index (χ2v) is 5.01. The minimum atomic E-state index is -0.719. The van der Waals surface area contributed by atoms with E-state index >= 15 is 0 Å². The molecule has 0 atom stereocenters. The van der Waals surface area contributed by atoms with E-state index in [9.17, 15) is 4.79 Å². The highest BCUT2D eigenvalue weighted by molar-refractivity contribution is 5.93. The molecule has 2 aromatic rings. The van der Waals surface area contributed by atoms with Crippen molar-refractivity contribution in [1.29, 1.82) is 0 Å². The summed E-state index contributed by atoms with van der Waals surface area (Å²) in [6.07, 6.45) is 1.23. The van der Waals surface area contributed by atoms with Crippen LogP contribution in [0.4, 0.5) is 0 Å². The van der Waals surface area contributed by atoms with Crippen molar-refractivity contribution in [2.45, 2.75) is 33.2 Å². The number of hydrogen-bond acceptors (Lipinski definition) is 5. The Labute approximate surface area is 111 Å². The predicted molar refractivity (Wildman–Crippen MR) is 68.5 cm³/mol. The van der Waals surface area contributed by atoms with Gasteiger partial charge in [-0.1, -0.05) is 5.16 Å². The lowest BCUT2D eigenvalue weighted by Crippen LogP contribution is -2.42. The van der Waals surface area contributed by atoms with Crippen molar-refractivity contribution in [3.63, 3.8) is 0 Å². The normalized spacial score (nSPS) is 11.4. The molecule has 0 aliphatic carbocycles. The molecule has 1 amide bonds. The molecule has 0 unspecified atom stereocenters. The maximum atomic E-state index is 12.2. The van der Waals surface area contributed by atoms with Gasteiger partial charge in [0.25, 0.3) is 5.91 Å². The zero-order valence-corrected chi connectivity index (χ0v) is 11.4. The van der Waals surface area contributed by atoms with Gasteiger partial charge >= 0.3 is 0 Å². The highest BCUT2D eigenvalue weighted by atomic mass is 16.5. The fraction of sp³-hybridized carbons (Fsp3) is 0.385. The molecular weight excluding hydrogens is 244 g/mol. The van der Waals surface area contributed by atoms with E-state index in [2.05, 4.69) is 20.4 Å². The van der Waals surface area contributed by atoms with E-state index in [1.807, 2.05) is 19.9 Å². The van der Waals surface area contributed by atoms with E-state index in [0.717, 1.165) is 11.3 Å². The molecule has 100 valence electrons. The molecule has 2 rings (SSSR count). The van der Waals surface area contributed by atoms with Gasteiger partial charge in [-0.15, -0.1) is 0 Å². The lowest BCUT2D eigenvalue weighted by atomic mass is 10.0. The molecule has 2 heterocycles. The van der Waals surface area contributed by atoms with Crippen LogP contribution in [0.2, 0.25) is 0 Å². The number of aromatic nitrogens is 3. The van der Waals surface area contributed by atoms with Crippen LogP contribution < -0.4 is 5.32 Å². The zero-order valence-electron chi connectivity index (χ0n) is 11.4. The molecule has 0 saturated heterocycles. The van der Waals surface area contributed by atoms with Crippen molar-refractivity contribution >= 4 is 5.91 Å². The summed E-state index contributed by atoms with van der Waals surface area (Å²) in [6, 6.07) is 3.66. The van der Waals surface area contributed by atoms with Crippen molar-refractivity contribution in [2.24, 2.45) is 0 Å². The zero-order chi connectivity index (χ0) is 14.0. The highest BCUT2D eigenvalue weighted by Gasteiger charge is 2.28. The number of nitrogens with zero attached hydrogens (tertiary/aromatic N) is 3. The molecule has 0 aliphatic heterocycles. The Balaban J connectivity index is 2.21. The monoisotopic (exact) mass is 260 g/mol. The molecule has 0 bridgehead atoms. The van der Waals surface area contributed by atoms with Gasteiger partial charge in [0.05, 0.1) is 5.54 Å². The standard InChI is InChI=1S/C13H16N4O2/c1-8-5-9(2)15-10(6-8)11(18)16-13(3,4)12-14-7-19-17-12/h5-7H,1-4H3,(H,16,18). The molecule has 0 aromatic carbocycles. The van der Waals surface area contributed by atoms with E-state index in [-0.39, 0.29) is 5.91 Å². The molecule has 19 heavy (non-hydrogen) atoms. The summed E-state index contributed by atoms with van der Waals surface area (Å²) in [5.74, 6) is 0.159. The number of rotatable bonds is 3. The van der Waals surface area contributed by atoms with Gasteiger partial charge in [-0.05, 0) is 45.4 Å². The summed E-state index contributed by atoms with van der Waals surface area (Å²) in [5.41, 5.74) is 1.47. The molecule has 0 spiro atoms. The van der Waals surface area contributed by atoms with Crippen molar-refractivity contribution in [3.05, 3.63) is 41.3 Å². The van der Waals surface area contributed by atoms with Crippen LogP contribution in [0.15, 0.2) is 23.0 Å². The fourth-order valence-corrected chi connectivity index (χ4v) is 1.81. The van der Waals surface area contributed by atoms with Crippen LogP contribution in [0.5, 0.6) is 0 Å². The molecule has 1 N–H and O–H groups in total. The minimum Gasteiger partial charge on any atom is -0.343 e. The lowest BCUT2D eigenvalue weighted by Gasteiger charge is -2.22. The Bertz CT molecular complexity index is 570. The van der Waals surface area contributed by atoms with E-state index in [0.29, 0.717) is 11.5 Å². The fourth-order valence-electron chi connectivity index (χ4n) is 1.81. The summed E-state index contributed by atoms with van der Waals surface area (Å²) in [4.78, 5) is 20.4. The maximum absolute atomic E-state index is 12.2. The van der Waals surface area contributed by atoms with Gasteiger partial charge in [0.1, 0.15) is 5.69 Å². The van der Waals surface area contributed by atoms with Gasteiger partial charge in [0.2, 0.25) is 6.39 Å². The third kappa shape index (κ3) is 2.96. The number of amides is 1. The quantitative estimate of drug-likeness (QED) is 0.909. The molecule has 2 aromatic heterocycles. The van der Waals surface area contributed by atoms with Crippen molar-refractivity contribution in [1.82, 2.24) is 20.4 Å². The van der Waals surface area contributed by atoms with Crippen LogP contribution in [0.3, 0.4) is 0 Å². The number of carbonyl (C=O) groups is 1. The SMILES string of the molecule is Cc1cc(C)nc(C(=O)NC(C)(C)c2ncon2)c1. The molecule has 0 aliphatic rings. The Morgan fingerprint density at radius 1 is 1.32 bits per heavy atom. The average molecular weight is 260 g/mol. The number of pyridine rings is 1. The first kappa shape index (κ1) is 13.2. The Morgan fingerprint density at radius 2 is 2.05 bits per heavy atom. The molecular formula is C13H16N4O2. The topological polar surface area (TPSA) is 80.9 Å². The Kier molecular flexibility index (Phi) is 3.33. The predicted octanol–water partition coefficient (Wildman–Crippen LogP) is 1.75. The number of nitrogens with one attached hydrogen (secondary N) is 1. The van der Waals surface area contributed by atoms with Crippen molar-refractivity contribution in [2.75, 3.05) is 0 Å². The molecule has 0 saturated carbocycles. The van der Waals surface area contributed by atoms with Crippen LogP contribution in [0, 0.1) is 13.8 Å². The second-order valence-electron chi connectivity index (χ2n) is 5.01. The number of hydrogen-bond donors (Lipinski definition) is 1. The summed E-state index contributed by atoms with van der Waals surface area (Å²) >= 11 is 0. The first-order valence-electron chi connectivity index (χ1n) is 5.93. The van der Waals surface area contributed by atoms with Crippen LogP contribution in [0.25, 0.3) is 0 Å². The van der Waals surface area contributed by atoms with Gasteiger partial charge in [0.15, 0.2) is 5.82 Å². The second kappa shape index (κ2) is 4.79. The maximum Gasteiger partial charge on any atom is 0.270 e. The van der Waals surface area contributed by atoms with Gasteiger partial charge in [-0.3, -0.25) is 4.79 Å². The van der Waals surface area contributed by atoms with Crippen molar-refractivity contribution < 1.29 is 9.32 Å². The molecule has 0 radical (unpaired) electrons. The lowest BCUT2D eigenvalue weighted by molar-refractivity contribution is 0.0902. The van der Waals surface area contributed by atoms with E-state index in [1.54, 1.807) is 19.9 Å². The average Bonchev–Trinajstić information content (AvgIpc) is 2.80. The smallest absolute Gasteiger partial charge is 0.270 e. The third-order valence-electron chi connectivity index (χ3n) is 2.68. The molecule has 6 nitrogen and oxygen atoms in total. The summed E-state index contributed by atoms with van der Waals surface area (Å²) in [7, 11) is 0. The summed E-state index contributed by atoms with van der Waals surface area (Å²) in [6.45, 7) is 7.39. The van der Waals surface area contributed by atoms with Crippen LogP contribution in [0.1, 0.15) is 41.4 Å². The summed E-state index contributed by atoms with van der Waals surface area (Å²) < 4.78 is 4.70. The van der Waals surface area contributed by atoms with Gasteiger partial charge in [0, 0.05) is 5.69 Å². The number of aryl methyl sites for hydroxylation is 2. The third-order valence-corrected chi connectivity index (χ3v) is 2.68. The van der Waals surface area contributed by atoms with Crippen LogP contribution in [-0.4, -0.2) is 21.0 Å². The highest BCUT2D eigenvalue weighted by Crippen LogP contribution is 2.16. The molecule has 0 fully saturated rings. The Hall–Kier alpha value is -2.24. The van der Waals surface area contributed by atoms with Gasteiger partial charge in [-0.25, -0.2) is 4.98 Å². The van der Waals surface area contributed by atoms with Crippen LogP contribution >= 0.6 is 0 Å². The van der Waals surface area contributed by atoms with Gasteiger partial charge in [-0.2, -0.15) is 4.98 Å². The van der Waals surface area contributed by atoms with E-state index in [1.165, 1.54) is 6.39 Å². The van der Waals surface area contributed by atoms with Crippen molar-refractivity contribution in [3.8, 4) is 0 Å². The first-order valence-corrected chi connectivity index (χ1v) is 5.93. The van der Waals surface area contributed by atoms with Gasteiger partial charge < -0.3 is 9.84 Å². The minimum absolute atomic E-state index is 0.262. The van der Waals surface area contributed by atoms with E-state index in [4.69, 9.17) is 4.52 Å². The molecule has 6 heteroatoms. The van der Waals surface area contributed by atoms with Crippen LogP contribution in [-0.2, 0) is 5.54 Å². The Morgan fingerprint density at radius 3 is 2.63 bits per heavy atom. The van der Waals surface area contributed by atoms with E-state index < -0.39 is 5.54 Å².